The third-order valence-corrected chi connectivity index (χ3v) is 3.52. The summed E-state index contributed by atoms with van der Waals surface area (Å²) < 4.78 is 46.5. The second kappa shape index (κ2) is 4.19. The second-order valence-electron chi connectivity index (χ2n) is 2.70. The predicted molar refractivity (Wildman–Crippen MR) is 52.0 cm³/mol. The third kappa shape index (κ3) is 2.56. The van der Waals surface area contributed by atoms with Crippen LogP contribution in [0.3, 0.4) is 0 Å². The summed E-state index contributed by atoms with van der Waals surface area (Å²) in [6.07, 6.45) is -2.01. The highest BCUT2D eigenvalue weighted by Crippen LogP contribution is 2.31. The van der Waals surface area contributed by atoms with Crippen LogP contribution >= 0.6 is 22.3 Å². The Kier molecular flexibility index (Phi) is 3.52. The number of nitrogens with zero attached hydrogens (tertiary/aromatic N) is 1. The lowest BCUT2D eigenvalue weighted by atomic mass is 10.2. The molecule has 1 aromatic rings. The second-order valence-corrected chi connectivity index (χ2v) is 5.56. The molecule has 1 heterocycles. The molecule has 3 nitrogen and oxygen atoms in total. The summed E-state index contributed by atoms with van der Waals surface area (Å²) in [7, 11) is 0.891. The standard InChI is InChI=1S/C7H5Cl2F2NO2S/c1-3-4(6(10)11)2-12-7(5(3)8)15(9,13)14/h2,6H,1H3. The quantitative estimate of drug-likeness (QED) is 0.780. The van der Waals surface area contributed by atoms with Gasteiger partial charge in [0.15, 0.2) is 5.03 Å². The first kappa shape index (κ1) is 12.6. The van der Waals surface area contributed by atoms with E-state index in [0.717, 1.165) is 6.20 Å². The number of halogens is 4. The first-order chi connectivity index (χ1) is 6.75. The van der Waals surface area contributed by atoms with E-state index in [9.17, 15) is 17.2 Å². The van der Waals surface area contributed by atoms with Gasteiger partial charge in [0.25, 0.3) is 15.5 Å². The van der Waals surface area contributed by atoms with E-state index in [1.165, 1.54) is 6.92 Å². The van der Waals surface area contributed by atoms with E-state index in [-0.39, 0.29) is 10.6 Å². The Bertz CT molecular complexity index is 490. The maximum absolute atomic E-state index is 12.4. The Morgan fingerprint density at radius 3 is 2.40 bits per heavy atom. The van der Waals surface area contributed by atoms with Crippen LogP contribution in [0.25, 0.3) is 0 Å². The molecule has 0 bridgehead atoms. The molecule has 15 heavy (non-hydrogen) atoms. The molecule has 1 aromatic heterocycles. The molecule has 0 aliphatic carbocycles. The molecule has 0 saturated heterocycles. The van der Waals surface area contributed by atoms with E-state index in [1.807, 2.05) is 0 Å². The van der Waals surface area contributed by atoms with E-state index in [0.29, 0.717) is 0 Å². The lowest BCUT2D eigenvalue weighted by Crippen LogP contribution is -2.01. The van der Waals surface area contributed by atoms with Crippen molar-refractivity contribution in [1.82, 2.24) is 4.98 Å². The first-order valence-corrected chi connectivity index (χ1v) is 6.31. The molecular weight excluding hydrogens is 271 g/mol. The zero-order valence-electron chi connectivity index (χ0n) is 7.34. The number of alkyl halides is 2. The molecule has 0 radical (unpaired) electrons. The smallest absolute Gasteiger partial charge is 0.242 e. The van der Waals surface area contributed by atoms with Gasteiger partial charge in [-0.15, -0.1) is 0 Å². The van der Waals surface area contributed by atoms with Crippen LogP contribution in [0.2, 0.25) is 5.02 Å². The van der Waals surface area contributed by atoms with Gasteiger partial charge in [0, 0.05) is 22.4 Å². The fourth-order valence-electron chi connectivity index (χ4n) is 0.959. The van der Waals surface area contributed by atoms with Crippen molar-refractivity contribution in [1.29, 1.82) is 0 Å². The van der Waals surface area contributed by atoms with Gasteiger partial charge in [-0.05, 0) is 12.5 Å². The highest BCUT2D eigenvalue weighted by molar-refractivity contribution is 8.13. The molecule has 0 aromatic carbocycles. The van der Waals surface area contributed by atoms with E-state index in [2.05, 4.69) is 4.98 Å². The number of rotatable bonds is 2. The average molecular weight is 276 g/mol. The number of hydrogen-bond acceptors (Lipinski definition) is 3. The zero-order chi connectivity index (χ0) is 11.8. The monoisotopic (exact) mass is 275 g/mol. The molecule has 0 saturated carbocycles. The summed E-state index contributed by atoms with van der Waals surface area (Å²) in [5, 5.41) is -0.976. The van der Waals surface area contributed by atoms with Crippen LogP contribution in [0.1, 0.15) is 17.6 Å². The Hall–Kier alpha value is -0.460. The molecule has 0 N–H and O–H groups in total. The summed E-state index contributed by atoms with van der Waals surface area (Å²) in [5.74, 6) is 0. The molecule has 0 spiro atoms. The summed E-state index contributed by atoms with van der Waals surface area (Å²) in [4.78, 5) is 3.30. The fraction of sp³-hybridized carbons (Fsp3) is 0.286. The van der Waals surface area contributed by atoms with Crippen LogP contribution in [0, 0.1) is 6.92 Å². The highest BCUT2D eigenvalue weighted by Gasteiger charge is 2.22. The molecular formula is C7H5Cl2F2NO2S. The number of hydrogen-bond donors (Lipinski definition) is 0. The minimum atomic E-state index is -4.11. The first-order valence-electron chi connectivity index (χ1n) is 3.63. The molecule has 0 amide bonds. The van der Waals surface area contributed by atoms with Gasteiger partial charge >= 0.3 is 0 Å². The van der Waals surface area contributed by atoms with E-state index < -0.39 is 26.1 Å². The highest BCUT2D eigenvalue weighted by atomic mass is 35.7. The van der Waals surface area contributed by atoms with Crippen molar-refractivity contribution in [3.63, 3.8) is 0 Å². The Labute approximate surface area is 94.4 Å². The number of aromatic nitrogens is 1. The topological polar surface area (TPSA) is 47.0 Å². The van der Waals surface area contributed by atoms with Crippen LogP contribution in [-0.4, -0.2) is 13.4 Å². The van der Waals surface area contributed by atoms with Crippen LogP contribution in [0.5, 0.6) is 0 Å². The van der Waals surface area contributed by atoms with Crippen LogP contribution < -0.4 is 0 Å². The van der Waals surface area contributed by atoms with Crippen LogP contribution in [-0.2, 0) is 9.05 Å². The molecule has 1 rings (SSSR count). The van der Waals surface area contributed by atoms with Gasteiger partial charge in [0.1, 0.15) is 0 Å². The van der Waals surface area contributed by atoms with Crippen molar-refractivity contribution in [2.45, 2.75) is 18.4 Å². The molecule has 0 aliphatic rings. The molecule has 84 valence electrons. The summed E-state index contributed by atoms with van der Waals surface area (Å²) in [6, 6.07) is 0. The largest absolute Gasteiger partial charge is 0.280 e. The van der Waals surface area contributed by atoms with Crippen molar-refractivity contribution in [2.75, 3.05) is 0 Å². The van der Waals surface area contributed by atoms with Crippen molar-refractivity contribution in [2.24, 2.45) is 0 Å². The maximum Gasteiger partial charge on any atom is 0.280 e. The zero-order valence-corrected chi connectivity index (χ0v) is 9.67. The van der Waals surface area contributed by atoms with Gasteiger partial charge in [-0.3, -0.25) is 0 Å². The lowest BCUT2D eigenvalue weighted by Gasteiger charge is -2.07. The van der Waals surface area contributed by atoms with Crippen molar-refractivity contribution in [3.8, 4) is 0 Å². The maximum atomic E-state index is 12.4. The average Bonchev–Trinajstić information content (AvgIpc) is 2.06. The van der Waals surface area contributed by atoms with Gasteiger partial charge < -0.3 is 0 Å². The predicted octanol–water partition coefficient (Wildman–Crippen LogP) is 2.91. The minimum absolute atomic E-state index is 0.0408. The Morgan fingerprint density at radius 1 is 1.47 bits per heavy atom. The third-order valence-electron chi connectivity index (χ3n) is 1.74. The van der Waals surface area contributed by atoms with Crippen molar-refractivity contribution in [3.05, 3.63) is 22.3 Å². The molecule has 8 heteroatoms. The van der Waals surface area contributed by atoms with E-state index in [1.54, 1.807) is 0 Å². The summed E-state index contributed by atoms with van der Waals surface area (Å²) in [6.45, 7) is 1.27. The summed E-state index contributed by atoms with van der Waals surface area (Å²) >= 11 is 5.57. The van der Waals surface area contributed by atoms with Gasteiger partial charge in [0.2, 0.25) is 0 Å². The molecule has 0 unspecified atom stereocenters. The normalized spacial score (nSPS) is 12.1. The van der Waals surface area contributed by atoms with Crippen LogP contribution in [0.4, 0.5) is 8.78 Å². The Morgan fingerprint density at radius 2 is 2.00 bits per heavy atom. The minimum Gasteiger partial charge on any atom is -0.242 e. The van der Waals surface area contributed by atoms with E-state index >= 15 is 0 Å². The molecule has 0 fully saturated rings. The molecule has 0 atom stereocenters. The lowest BCUT2D eigenvalue weighted by molar-refractivity contribution is 0.150. The number of pyridine rings is 1. The van der Waals surface area contributed by atoms with Gasteiger partial charge in [0.05, 0.1) is 5.02 Å². The van der Waals surface area contributed by atoms with Gasteiger partial charge in [-0.1, -0.05) is 11.6 Å². The van der Waals surface area contributed by atoms with Gasteiger partial charge in [-0.2, -0.15) is 0 Å². The Balaban J connectivity index is 3.48. The van der Waals surface area contributed by atoms with Crippen LogP contribution in [0.15, 0.2) is 11.2 Å². The van der Waals surface area contributed by atoms with Crippen molar-refractivity contribution < 1.29 is 17.2 Å². The van der Waals surface area contributed by atoms with E-state index in [4.69, 9.17) is 22.3 Å². The molecule has 0 aliphatic heterocycles. The van der Waals surface area contributed by atoms with Gasteiger partial charge in [-0.25, -0.2) is 22.2 Å². The van der Waals surface area contributed by atoms with Crippen molar-refractivity contribution >= 4 is 31.3 Å². The SMILES string of the molecule is Cc1c(C(F)F)cnc(S(=O)(=O)Cl)c1Cl. The fourth-order valence-corrected chi connectivity index (χ4v) is 2.44. The summed E-state index contributed by atoms with van der Waals surface area (Å²) in [5.41, 5.74) is -0.454.